The lowest BCUT2D eigenvalue weighted by molar-refractivity contribution is -0.384. The number of rotatable bonds is 9. The zero-order chi connectivity index (χ0) is 34.8. The van der Waals surface area contributed by atoms with Crippen LogP contribution in [0.1, 0.15) is 48.3 Å². The van der Waals surface area contributed by atoms with Crippen molar-refractivity contribution in [1.82, 2.24) is 14.3 Å². The fraction of sp³-hybridized carbons (Fsp3) is 0.194. The van der Waals surface area contributed by atoms with Crippen molar-refractivity contribution in [1.29, 1.82) is 0 Å². The summed E-state index contributed by atoms with van der Waals surface area (Å²) in [4.78, 5) is 56.2. The topological polar surface area (TPSA) is 148 Å². The van der Waals surface area contributed by atoms with E-state index in [1.165, 1.54) is 23.8 Å². The number of nitro benzene ring substituents is 1. The predicted octanol–water partition coefficient (Wildman–Crippen LogP) is 4.98. The van der Waals surface area contributed by atoms with E-state index in [2.05, 4.69) is 4.99 Å². The van der Waals surface area contributed by atoms with Crippen LogP contribution in [-0.4, -0.2) is 44.9 Å². The first kappa shape index (κ1) is 33.0. The van der Waals surface area contributed by atoms with Crippen LogP contribution in [0.4, 0.5) is 5.69 Å². The summed E-state index contributed by atoms with van der Waals surface area (Å²) in [5, 5.41) is 16.4. The van der Waals surface area contributed by atoms with Crippen molar-refractivity contribution in [3.8, 4) is 16.9 Å². The quantitative estimate of drug-likeness (QED) is 0.121. The largest absolute Gasteiger partial charge is 0.465 e. The lowest BCUT2D eigenvalue weighted by atomic mass is 9.95. The molecule has 3 heterocycles. The number of hydrogen-bond acceptors (Lipinski definition) is 10. The third-order valence-electron chi connectivity index (χ3n) is 7.82. The van der Waals surface area contributed by atoms with Gasteiger partial charge in [-0.3, -0.25) is 19.5 Å². The minimum atomic E-state index is -0.895. The van der Waals surface area contributed by atoms with Gasteiger partial charge in [0.05, 0.1) is 51.7 Å². The molecule has 2 aromatic heterocycles. The molecule has 0 saturated carbocycles. The second kappa shape index (κ2) is 13.6. The molecular formula is C36H31N5O7S. The molecule has 3 aromatic carbocycles. The Balaban J connectivity index is 1.54. The number of esters is 2. The summed E-state index contributed by atoms with van der Waals surface area (Å²) >= 11 is 1.14. The Morgan fingerprint density at radius 1 is 1.04 bits per heavy atom. The Morgan fingerprint density at radius 3 is 2.45 bits per heavy atom. The highest BCUT2D eigenvalue weighted by Gasteiger charge is 2.34. The number of para-hydroxylation sites is 1. The molecule has 0 fully saturated rings. The van der Waals surface area contributed by atoms with Crippen molar-refractivity contribution in [3.05, 3.63) is 143 Å². The molecule has 0 saturated heterocycles. The van der Waals surface area contributed by atoms with E-state index >= 15 is 0 Å². The van der Waals surface area contributed by atoms with E-state index in [9.17, 15) is 24.5 Å². The number of aromatic nitrogens is 3. The number of thiazole rings is 1. The number of benzene rings is 3. The molecule has 12 nitrogen and oxygen atoms in total. The fourth-order valence-electron chi connectivity index (χ4n) is 5.48. The number of nitro groups is 1. The molecule has 0 amide bonds. The van der Waals surface area contributed by atoms with Gasteiger partial charge >= 0.3 is 11.9 Å². The molecule has 1 aliphatic rings. The Hall–Kier alpha value is -5.95. The second-order valence-electron chi connectivity index (χ2n) is 11.7. The number of carbonyl (C=O) groups is 2. The van der Waals surface area contributed by atoms with Gasteiger partial charge in [-0.05, 0) is 48.7 Å². The summed E-state index contributed by atoms with van der Waals surface area (Å²) in [7, 11) is 1.29. The zero-order valence-electron chi connectivity index (χ0n) is 27.0. The normalized spacial score (nSPS) is 14.4. The molecule has 5 aromatic rings. The van der Waals surface area contributed by atoms with Gasteiger partial charge in [0.25, 0.3) is 11.2 Å². The smallest absolute Gasteiger partial charge is 0.338 e. The molecular weight excluding hydrogens is 646 g/mol. The summed E-state index contributed by atoms with van der Waals surface area (Å²) in [6.45, 7) is 5.73. The van der Waals surface area contributed by atoms with E-state index in [1.54, 1.807) is 60.3 Å². The maximum Gasteiger partial charge on any atom is 0.338 e. The molecule has 0 N–H and O–H groups in total. The van der Waals surface area contributed by atoms with Gasteiger partial charge in [-0.25, -0.2) is 19.3 Å². The van der Waals surface area contributed by atoms with E-state index in [1.807, 2.05) is 44.2 Å². The number of ether oxygens (including phenoxy) is 2. The van der Waals surface area contributed by atoms with E-state index in [0.29, 0.717) is 43.0 Å². The summed E-state index contributed by atoms with van der Waals surface area (Å²) in [5.74, 6) is -1.03. The van der Waals surface area contributed by atoms with Crippen molar-refractivity contribution >= 4 is 35.0 Å². The molecule has 0 spiro atoms. The highest BCUT2D eigenvalue weighted by Crippen LogP contribution is 2.32. The van der Waals surface area contributed by atoms with Crippen LogP contribution in [0.25, 0.3) is 23.0 Å². The average Bonchev–Trinajstić information content (AvgIpc) is 3.67. The number of allylic oxidation sites excluding steroid dienone is 1. The first-order valence-electron chi connectivity index (χ1n) is 15.3. The molecule has 0 radical (unpaired) electrons. The Kier molecular flexibility index (Phi) is 9.18. The second-order valence-corrected chi connectivity index (χ2v) is 12.7. The van der Waals surface area contributed by atoms with E-state index in [4.69, 9.17) is 14.6 Å². The summed E-state index contributed by atoms with van der Waals surface area (Å²) in [5.41, 5.74) is 3.21. The monoisotopic (exact) mass is 677 g/mol. The summed E-state index contributed by atoms with van der Waals surface area (Å²) < 4.78 is 13.9. The van der Waals surface area contributed by atoms with Gasteiger partial charge < -0.3 is 9.47 Å². The van der Waals surface area contributed by atoms with Crippen LogP contribution in [0.5, 0.6) is 0 Å². The van der Waals surface area contributed by atoms with Crippen molar-refractivity contribution in [3.63, 3.8) is 0 Å². The van der Waals surface area contributed by atoms with E-state index < -0.39 is 28.5 Å². The van der Waals surface area contributed by atoms with Gasteiger partial charge in [-0.1, -0.05) is 67.6 Å². The van der Waals surface area contributed by atoms with Crippen LogP contribution < -0.4 is 14.9 Å². The van der Waals surface area contributed by atoms with Crippen LogP contribution >= 0.6 is 11.3 Å². The van der Waals surface area contributed by atoms with E-state index in [0.717, 1.165) is 17.0 Å². The van der Waals surface area contributed by atoms with Crippen molar-refractivity contribution < 1.29 is 24.0 Å². The molecule has 6 rings (SSSR count). The molecule has 0 bridgehead atoms. The van der Waals surface area contributed by atoms with Gasteiger partial charge in [-0.15, -0.1) is 0 Å². The Bertz CT molecular complexity index is 2300. The molecule has 49 heavy (non-hydrogen) atoms. The zero-order valence-corrected chi connectivity index (χ0v) is 27.8. The summed E-state index contributed by atoms with van der Waals surface area (Å²) in [6, 6.07) is 21.1. The first-order chi connectivity index (χ1) is 23.5. The van der Waals surface area contributed by atoms with Crippen LogP contribution in [0, 0.1) is 16.0 Å². The molecule has 248 valence electrons. The lowest BCUT2D eigenvalue weighted by Crippen LogP contribution is -2.40. The molecule has 13 heteroatoms. The SMILES string of the molecule is COC(=O)c1ccc(C2C(C(=O)OCC(C)C)=C(C)N=c3sc(=Cc4cn(-c5ccccc5)nc4-c4cccc([N+](=O)[O-])c4)c(=O)n32)cc1. The molecule has 1 atom stereocenters. The minimum Gasteiger partial charge on any atom is -0.465 e. The standard InChI is InChI=1S/C36H31N5O7S/c1-21(2)20-48-35(44)30-22(3)37-36-40(32(30)23-13-15-24(16-14-23)34(43)47-4)33(42)29(49-36)18-26-19-39(27-10-6-5-7-11-27)38-31(26)25-9-8-12-28(17-25)41(45)46/h5-19,21,32H,20H2,1-4H3. The molecule has 0 aliphatic carbocycles. The number of methoxy groups -OCH3 is 1. The van der Waals surface area contributed by atoms with Crippen molar-refractivity contribution in [2.45, 2.75) is 26.8 Å². The van der Waals surface area contributed by atoms with Crippen LogP contribution in [-0.2, 0) is 14.3 Å². The first-order valence-corrected chi connectivity index (χ1v) is 16.1. The van der Waals surface area contributed by atoms with Crippen LogP contribution in [0.15, 0.2) is 106 Å². The number of hydrogen-bond donors (Lipinski definition) is 0. The van der Waals surface area contributed by atoms with Gasteiger partial charge in [0, 0.05) is 29.5 Å². The van der Waals surface area contributed by atoms with Gasteiger partial charge in [-0.2, -0.15) is 5.10 Å². The third-order valence-corrected chi connectivity index (χ3v) is 8.80. The maximum atomic E-state index is 14.3. The van der Waals surface area contributed by atoms with Crippen molar-refractivity contribution in [2.24, 2.45) is 10.9 Å². The van der Waals surface area contributed by atoms with Crippen LogP contribution in [0.3, 0.4) is 0 Å². The van der Waals surface area contributed by atoms with Crippen LogP contribution in [0.2, 0.25) is 0 Å². The van der Waals surface area contributed by atoms with E-state index in [-0.39, 0.29) is 23.8 Å². The highest BCUT2D eigenvalue weighted by molar-refractivity contribution is 7.07. The van der Waals surface area contributed by atoms with Gasteiger partial charge in [0.15, 0.2) is 4.80 Å². The maximum absolute atomic E-state index is 14.3. The van der Waals surface area contributed by atoms with Gasteiger partial charge in [0.1, 0.15) is 5.69 Å². The Morgan fingerprint density at radius 2 is 1.78 bits per heavy atom. The lowest BCUT2D eigenvalue weighted by Gasteiger charge is -2.25. The molecule has 1 aliphatic heterocycles. The minimum absolute atomic E-state index is 0.0841. The summed E-state index contributed by atoms with van der Waals surface area (Å²) in [6.07, 6.45) is 3.43. The highest BCUT2D eigenvalue weighted by atomic mass is 32.1. The fourth-order valence-corrected chi connectivity index (χ4v) is 6.51. The van der Waals surface area contributed by atoms with Crippen molar-refractivity contribution in [2.75, 3.05) is 13.7 Å². The molecule has 1 unspecified atom stereocenters. The number of nitrogens with zero attached hydrogens (tertiary/aromatic N) is 5. The average molecular weight is 678 g/mol. The number of fused-ring (bicyclic) bond motifs is 1. The third kappa shape index (κ3) is 6.61. The predicted molar refractivity (Wildman–Crippen MR) is 183 cm³/mol. The number of non-ortho nitro benzene ring substituents is 1. The van der Waals surface area contributed by atoms with Gasteiger partial charge in [0.2, 0.25) is 0 Å². The Labute approximate surface area is 284 Å². The number of carbonyl (C=O) groups excluding carboxylic acids is 2.